The molecular weight excluding hydrogens is 308 g/mol. The molecule has 122 valence electrons. The van der Waals surface area contributed by atoms with E-state index in [0.717, 1.165) is 0 Å². The van der Waals surface area contributed by atoms with Gasteiger partial charge in [-0.25, -0.2) is 10.1 Å². The molecule has 0 bridgehead atoms. The Labute approximate surface area is 137 Å². The van der Waals surface area contributed by atoms with E-state index >= 15 is 0 Å². The number of carbonyl (C=O) groups excluding carboxylic acids is 1. The molecule has 1 aromatic carbocycles. The van der Waals surface area contributed by atoms with E-state index < -0.39 is 5.91 Å². The van der Waals surface area contributed by atoms with Gasteiger partial charge in [-0.3, -0.25) is 9.59 Å². The number of furan rings is 1. The van der Waals surface area contributed by atoms with Crippen molar-refractivity contribution in [2.24, 2.45) is 5.10 Å². The number of hydrazone groups is 1. The van der Waals surface area contributed by atoms with Gasteiger partial charge in [0.25, 0.3) is 11.5 Å². The summed E-state index contributed by atoms with van der Waals surface area (Å²) in [6.45, 7) is 3.67. The summed E-state index contributed by atoms with van der Waals surface area (Å²) in [4.78, 5) is 24.9. The van der Waals surface area contributed by atoms with Crippen LogP contribution < -0.4 is 11.0 Å². The van der Waals surface area contributed by atoms with Gasteiger partial charge in [-0.1, -0.05) is 18.2 Å². The maximum Gasteiger partial charge on any atom is 0.292 e. The van der Waals surface area contributed by atoms with Crippen LogP contribution in [0.15, 0.2) is 57.0 Å². The van der Waals surface area contributed by atoms with Crippen molar-refractivity contribution >= 4 is 22.9 Å². The fourth-order valence-electron chi connectivity index (χ4n) is 2.30. The van der Waals surface area contributed by atoms with Crippen LogP contribution in [0.5, 0.6) is 0 Å². The highest BCUT2D eigenvalue weighted by atomic mass is 16.3. The average molecular weight is 324 g/mol. The van der Waals surface area contributed by atoms with E-state index in [9.17, 15) is 9.59 Å². The van der Waals surface area contributed by atoms with Gasteiger partial charge in [0, 0.05) is 5.39 Å². The van der Waals surface area contributed by atoms with Crippen LogP contribution in [-0.2, 0) is 0 Å². The van der Waals surface area contributed by atoms with E-state index in [0.29, 0.717) is 16.5 Å². The highest BCUT2D eigenvalue weighted by Crippen LogP contribution is 2.14. The van der Waals surface area contributed by atoms with Gasteiger partial charge in [0.05, 0.1) is 23.9 Å². The first kappa shape index (κ1) is 15.7. The van der Waals surface area contributed by atoms with Crippen LogP contribution in [0.3, 0.4) is 0 Å². The molecule has 0 fully saturated rings. The first-order chi connectivity index (χ1) is 11.6. The molecule has 0 saturated heterocycles. The zero-order valence-corrected chi connectivity index (χ0v) is 13.3. The molecule has 0 aliphatic rings. The summed E-state index contributed by atoms with van der Waals surface area (Å²) >= 11 is 0. The zero-order valence-electron chi connectivity index (χ0n) is 13.3. The van der Waals surface area contributed by atoms with Gasteiger partial charge in [0.2, 0.25) is 0 Å². The van der Waals surface area contributed by atoms with E-state index in [-0.39, 0.29) is 17.3 Å². The van der Waals surface area contributed by atoms with Crippen LogP contribution >= 0.6 is 0 Å². The highest BCUT2D eigenvalue weighted by molar-refractivity contribution is 6.04. The van der Waals surface area contributed by atoms with E-state index in [1.54, 1.807) is 36.4 Å². The summed E-state index contributed by atoms with van der Waals surface area (Å²) in [6, 6.07) is 10.1. The molecule has 0 radical (unpaired) electrons. The minimum Gasteiger partial charge on any atom is -0.463 e. The first-order valence-corrected chi connectivity index (χ1v) is 7.46. The quantitative estimate of drug-likeness (QED) is 0.589. The second-order valence-electron chi connectivity index (χ2n) is 5.45. The van der Waals surface area contributed by atoms with E-state index in [1.165, 1.54) is 17.2 Å². The van der Waals surface area contributed by atoms with Gasteiger partial charge in [-0.05, 0) is 32.0 Å². The number of benzene rings is 1. The summed E-state index contributed by atoms with van der Waals surface area (Å²) in [7, 11) is 0. The zero-order chi connectivity index (χ0) is 17.1. The molecule has 0 aliphatic heterocycles. The van der Waals surface area contributed by atoms with Crippen molar-refractivity contribution in [1.82, 2.24) is 15.2 Å². The van der Waals surface area contributed by atoms with Crippen LogP contribution in [0.25, 0.3) is 10.8 Å². The Morgan fingerprint density at radius 2 is 2.00 bits per heavy atom. The van der Waals surface area contributed by atoms with Gasteiger partial charge in [0.15, 0.2) is 5.69 Å². The minimum absolute atomic E-state index is 0.149. The third-order valence-corrected chi connectivity index (χ3v) is 3.43. The van der Waals surface area contributed by atoms with E-state index in [4.69, 9.17) is 4.42 Å². The Morgan fingerprint density at radius 1 is 1.25 bits per heavy atom. The predicted octanol–water partition coefficient (Wildman–Crippen LogP) is 2.33. The lowest BCUT2D eigenvalue weighted by molar-refractivity contribution is 0.0949. The van der Waals surface area contributed by atoms with Crippen LogP contribution in [-0.4, -0.2) is 21.9 Å². The topological polar surface area (TPSA) is 89.5 Å². The molecule has 0 atom stereocenters. The highest BCUT2D eigenvalue weighted by Gasteiger charge is 2.17. The molecule has 0 spiro atoms. The summed E-state index contributed by atoms with van der Waals surface area (Å²) in [5.41, 5.74) is 2.33. The Kier molecular flexibility index (Phi) is 4.24. The standard InChI is InChI=1S/C17H16N4O3/c1-11(2)21-17(23)14-8-4-3-7-13(14)15(20-21)16(22)19-18-10-12-6-5-9-24-12/h3-11H,1-2H3,(H,19,22)/b18-10+. The predicted molar refractivity (Wildman–Crippen MR) is 90.2 cm³/mol. The summed E-state index contributed by atoms with van der Waals surface area (Å²) in [5.74, 6) is 0.0173. The minimum atomic E-state index is -0.497. The fraction of sp³-hybridized carbons (Fsp3) is 0.176. The normalized spacial score (nSPS) is 11.5. The molecule has 3 aromatic rings. The Hall–Kier alpha value is -3.22. The Morgan fingerprint density at radius 3 is 2.67 bits per heavy atom. The largest absolute Gasteiger partial charge is 0.463 e. The molecule has 24 heavy (non-hydrogen) atoms. The van der Waals surface area contributed by atoms with Crippen molar-refractivity contribution in [3.05, 3.63) is 64.5 Å². The van der Waals surface area contributed by atoms with E-state index in [2.05, 4.69) is 15.6 Å². The Balaban J connectivity index is 2.00. The maximum absolute atomic E-state index is 12.4. The van der Waals surface area contributed by atoms with Gasteiger partial charge in [-0.15, -0.1) is 0 Å². The number of aromatic nitrogens is 2. The first-order valence-electron chi connectivity index (χ1n) is 7.46. The molecule has 3 rings (SSSR count). The second-order valence-corrected chi connectivity index (χ2v) is 5.45. The lowest BCUT2D eigenvalue weighted by atomic mass is 10.1. The maximum atomic E-state index is 12.4. The SMILES string of the molecule is CC(C)n1nc(C(=O)N/N=C/c2ccco2)c2ccccc2c1=O. The number of nitrogens with zero attached hydrogens (tertiary/aromatic N) is 3. The average Bonchev–Trinajstić information content (AvgIpc) is 3.08. The van der Waals surface area contributed by atoms with Crippen molar-refractivity contribution in [2.75, 3.05) is 0 Å². The van der Waals surface area contributed by atoms with Crippen LogP contribution in [0.1, 0.15) is 36.1 Å². The monoisotopic (exact) mass is 324 g/mol. The van der Waals surface area contributed by atoms with Crippen molar-refractivity contribution < 1.29 is 9.21 Å². The fourth-order valence-corrected chi connectivity index (χ4v) is 2.30. The van der Waals surface area contributed by atoms with Gasteiger partial charge < -0.3 is 4.42 Å². The van der Waals surface area contributed by atoms with Crippen molar-refractivity contribution in [3.63, 3.8) is 0 Å². The molecule has 2 heterocycles. The molecule has 0 unspecified atom stereocenters. The molecule has 7 nitrogen and oxygen atoms in total. The number of carbonyl (C=O) groups is 1. The molecule has 1 amide bonds. The molecule has 0 aliphatic carbocycles. The smallest absolute Gasteiger partial charge is 0.292 e. The molecule has 0 saturated carbocycles. The lowest BCUT2D eigenvalue weighted by Crippen LogP contribution is -2.30. The summed E-state index contributed by atoms with van der Waals surface area (Å²) < 4.78 is 6.39. The third-order valence-electron chi connectivity index (χ3n) is 3.43. The number of rotatable bonds is 4. The van der Waals surface area contributed by atoms with Crippen molar-refractivity contribution in [1.29, 1.82) is 0 Å². The number of hydrogen-bond donors (Lipinski definition) is 1. The van der Waals surface area contributed by atoms with Gasteiger partial charge in [0.1, 0.15) is 5.76 Å². The molecule has 1 N–H and O–H groups in total. The number of hydrogen-bond acceptors (Lipinski definition) is 5. The molecular formula is C17H16N4O3. The van der Waals surface area contributed by atoms with Gasteiger partial charge >= 0.3 is 0 Å². The van der Waals surface area contributed by atoms with Gasteiger partial charge in [-0.2, -0.15) is 10.2 Å². The van der Waals surface area contributed by atoms with Crippen LogP contribution in [0.4, 0.5) is 0 Å². The molecule has 7 heteroatoms. The number of amides is 1. The lowest BCUT2D eigenvalue weighted by Gasteiger charge is -2.12. The summed E-state index contributed by atoms with van der Waals surface area (Å²) in [6.07, 6.45) is 2.90. The number of nitrogens with one attached hydrogen (secondary N) is 1. The van der Waals surface area contributed by atoms with Crippen molar-refractivity contribution in [3.8, 4) is 0 Å². The third kappa shape index (κ3) is 2.96. The van der Waals surface area contributed by atoms with Crippen molar-refractivity contribution in [2.45, 2.75) is 19.9 Å². The second kappa shape index (κ2) is 6.49. The molecule has 2 aromatic heterocycles. The van der Waals surface area contributed by atoms with Crippen LogP contribution in [0, 0.1) is 0 Å². The summed E-state index contributed by atoms with van der Waals surface area (Å²) in [5, 5.41) is 9.00. The van der Waals surface area contributed by atoms with E-state index in [1.807, 2.05) is 13.8 Å². The van der Waals surface area contributed by atoms with Crippen LogP contribution in [0.2, 0.25) is 0 Å². The number of fused-ring (bicyclic) bond motifs is 1. The Bertz CT molecular complexity index is 956.